The summed E-state index contributed by atoms with van der Waals surface area (Å²) in [6.07, 6.45) is 1.48. The molecule has 2 atom stereocenters. The Morgan fingerprint density at radius 1 is 1.62 bits per heavy atom. The molecule has 16 heavy (non-hydrogen) atoms. The molecule has 5 nitrogen and oxygen atoms in total. The van der Waals surface area contributed by atoms with Crippen molar-refractivity contribution in [1.82, 2.24) is 10.3 Å². The van der Waals surface area contributed by atoms with Gasteiger partial charge in [0.15, 0.2) is 0 Å². The number of nitrogens with zero attached hydrogens (tertiary/aromatic N) is 1. The van der Waals surface area contributed by atoms with Gasteiger partial charge in [-0.25, -0.2) is 4.98 Å². The molecule has 1 saturated heterocycles. The summed E-state index contributed by atoms with van der Waals surface area (Å²) < 4.78 is 0. The highest BCUT2D eigenvalue weighted by atomic mass is 35.5. The molecule has 0 radical (unpaired) electrons. The van der Waals surface area contributed by atoms with Gasteiger partial charge < -0.3 is 15.7 Å². The number of pyridine rings is 1. The van der Waals surface area contributed by atoms with Crippen molar-refractivity contribution in [2.24, 2.45) is 0 Å². The molecule has 0 spiro atoms. The Kier molecular flexibility index (Phi) is 3.38. The highest BCUT2D eigenvalue weighted by Crippen LogP contribution is 2.12. The zero-order valence-corrected chi connectivity index (χ0v) is 9.24. The van der Waals surface area contributed by atoms with Gasteiger partial charge in [0, 0.05) is 6.54 Å². The van der Waals surface area contributed by atoms with Crippen molar-refractivity contribution in [3.8, 4) is 0 Å². The molecule has 0 aliphatic carbocycles. The van der Waals surface area contributed by atoms with Gasteiger partial charge in [-0.1, -0.05) is 11.6 Å². The molecule has 1 amide bonds. The van der Waals surface area contributed by atoms with E-state index in [4.69, 9.17) is 11.6 Å². The van der Waals surface area contributed by atoms with Gasteiger partial charge >= 0.3 is 0 Å². The Labute approximate surface area is 97.8 Å². The lowest BCUT2D eigenvalue weighted by atomic mass is 10.2. The van der Waals surface area contributed by atoms with E-state index in [0.29, 0.717) is 23.8 Å². The Morgan fingerprint density at radius 3 is 3.00 bits per heavy atom. The molecule has 0 aromatic carbocycles. The number of nitrogens with one attached hydrogen (secondary N) is 2. The maximum Gasteiger partial charge on any atom is 0.241 e. The second kappa shape index (κ2) is 4.78. The average molecular weight is 242 g/mol. The van der Waals surface area contributed by atoms with Crippen molar-refractivity contribution in [3.05, 3.63) is 23.5 Å². The first-order chi connectivity index (χ1) is 7.65. The molecule has 1 aliphatic rings. The highest BCUT2D eigenvalue weighted by Gasteiger charge is 2.27. The number of hydrogen-bond donors (Lipinski definition) is 3. The summed E-state index contributed by atoms with van der Waals surface area (Å²) in [5.41, 5.74) is 0.595. The fourth-order valence-corrected chi connectivity index (χ4v) is 1.71. The minimum atomic E-state index is -0.445. The van der Waals surface area contributed by atoms with E-state index in [1.165, 1.54) is 6.20 Å². The van der Waals surface area contributed by atoms with Crippen LogP contribution in [0.2, 0.25) is 5.15 Å². The van der Waals surface area contributed by atoms with Gasteiger partial charge in [-0.15, -0.1) is 0 Å². The van der Waals surface area contributed by atoms with Gasteiger partial charge in [-0.3, -0.25) is 4.79 Å². The first-order valence-electron chi connectivity index (χ1n) is 4.99. The number of halogens is 1. The van der Waals surface area contributed by atoms with Crippen LogP contribution in [-0.4, -0.2) is 34.7 Å². The number of aliphatic hydroxyl groups excluding tert-OH is 1. The van der Waals surface area contributed by atoms with Crippen LogP contribution in [0, 0.1) is 0 Å². The van der Waals surface area contributed by atoms with Crippen molar-refractivity contribution in [1.29, 1.82) is 0 Å². The topological polar surface area (TPSA) is 74.2 Å². The predicted molar refractivity (Wildman–Crippen MR) is 60.3 cm³/mol. The molecule has 86 valence electrons. The SMILES string of the molecule is O=C(Nc1ccc(Cl)nc1)C1CC(O)CN1. The number of amides is 1. The molecule has 0 saturated carbocycles. The third-order valence-corrected chi connectivity index (χ3v) is 2.64. The van der Waals surface area contributed by atoms with Crippen LogP contribution in [0.1, 0.15) is 6.42 Å². The molecule has 2 rings (SSSR count). The molecule has 1 aromatic heterocycles. The summed E-state index contributed by atoms with van der Waals surface area (Å²) in [6.45, 7) is 0.455. The van der Waals surface area contributed by atoms with Crippen molar-refractivity contribution < 1.29 is 9.90 Å². The van der Waals surface area contributed by atoms with Crippen LogP contribution in [0.25, 0.3) is 0 Å². The number of hydrogen-bond acceptors (Lipinski definition) is 4. The zero-order valence-electron chi connectivity index (χ0n) is 8.48. The lowest BCUT2D eigenvalue weighted by Gasteiger charge is -2.10. The van der Waals surface area contributed by atoms with Crippen molar-refractivity contribution >= 4 is 23.2 Å². The van der Waals surface area contributed by atoms with Crippen LogP contribution in [0.3, 0.4) is 0 Å². The van der Waals surface area contributed by atoms with Gasteiger partial charge in [0.2, 0.25) is 5.91 Å². The van der Waals surface area contributed by atoms with Gasteiger partial charge in [-0.05, 0) is 18.6 Å². The average Bonchev–Trinajstić information content (AvgIpc) is 2.68. The van der Waals surface area contributed by atoms with E-state index in [1.807, 2.05) is 0 Å². The van der Waals surface area contributed by atoms with Crippen LogP contribution in [0.5, 0.6) is 0 Å². The van der Waals surface area contributed by atoms with E-state index < -0.39 is 6.10 Å². The summed E-state index contributed by atoms with van der Waals surface area (Å²) in [7, 11) is 0. The molecule has 1 fully saturated rings. The minimum Gasteiger partial charge on any atom is -0.392 e. The second-order valence-corrected chi connectivity index (χ2v) is 4.10. The largest absolute Gasteiger partial charge is 0.392 e. The van der Waals surface area contributed by atoms with Crippen molar-refractivity contribution in [3.63, 3.8) is 0 Å². The Morgan fingerprint density at radius 2 is 2.44 bits per heavy atom. The zero-order chi connectivity index (χ0) is 11.5. The Bertz CT molecular complexity index is 382. The van der Waals surface area contributed by atoms with E-state index in [0.717, 1.165) is 0 Å². The van der Waals surface area contributed by atoms with E-state index in [2.05, 4.69) is 15.6 Å². The van der Waals surface area contributed by atoms with E-state index in [9.17, 15) is 9.90 Å². The number of carbonyl (C=O) groups excluding carboxylic acids is 1. The highest BCUT2D eigenvalue weighted by molar-refractivity contribution is 6.29. The van der Waals surface area contributed by atoms with E-state index in [-0.39, 0.29) is 11.9 Å². The molecule has 2 unspecified atom stereocenters. The van der Waals surface area contributed by atoms with Crippen LogP contribution in [0.15, 0.2) is 18.3 Å². The number of aromatic nitrogens is 1. The number of rotatable bonds is 2. The van der Waals surface area contributed by atoms with Crippen molar-refractivity contribution in [2.45, 2.75) is 18.6 Å². The molecule has 1 aromatic rings. The smallest absolute Gasteiger partial charge is 0.241 e. The van der Waals surface area contributed by atoms with Gasteiger partial charge in [0.05, 0.1) is 24.0 Å². The molecule has 1 aliphatic heterocycles. The molecular weight excluding hydrogens is 230 g/mol. The Balaban J connectivity index is 1.94. The first kappa shape index (κ1) is 11.3. The van der Waals surface area contributed by atoms with E-state index >= 15 is 0 Å². The monoisotopic (exact) mass is 241 g/mol. The number of aliphatic hydroxyl groups is 1. The fourth-order valence-electron chi connectivity index (χ4n) is 1.60. The predicted octanol–water partition coefficient (Wildman–Crippen LogP) is 0.396. The molecule has 3 N–H and O–H groups in total. The van der Waals surface area contributed by atoms with Crippen LogP contribution in [-0.2, 0) is 4.79 Å². The van der Waals surface area contributed by atoms with Gasteiger partial charge in [0.1, 0.15) is 5.15 Å². The molecule has 0 bridgehead atoms. The molecular formula is C10H12ClN3O2. The quantitative estimate of drug-likeness (QED) is 0.655. The summed E-state index contributed by atoms with van der Waals surface area (Å²) in [5.74, 6) is -0.166. The minimum absolute atomic E-state index is 0.166. The van der Waals surface area contributed by atoms with Crippen LogP contribution in [0.4, 0.5) is 5.69 Å². The number of β-amino-alcohol motifs (C(OH)–C–C–N with tert-alkyl or cyclic N) is 1. The van der Waals surface area contributed by atoms with E-state index in [1.54, 1.807) is 12.1 Å². The van der Waals surface area contributed by atoms with Crippen LogP contribution < -0.4 is 10.6 Å². The number of anilines is 1. The normalized spacial score (nSPS) is 24.4. The van der Waals surface area contributed by atoms with Crippen LogP contribution >= 0.6 is 11.6 Å². The first-order valence-corrected chi connectivity index (χ1v) is 5.37. The Hall–Kier alpha value is -1.17. The summed E-state index contributed by atoms with van der Waals surface area (Å²) in [6, 6.07) is 2.94. The van der Waals surface area contributed by atoms with Gasteiger partial charge in [-0.2, -0.15) is 0 Å². The summed E-state index contributed by atoms with van der Waals surface area (Å²) in [5, 5.41) is 15.3. The standard InChI is InChI=1S/C10H12ClN3O2/c11-9-2-1-6(4-13-9)14-10(16)8-3-7(15)5-12-8/h1-2,4,7-8,12,15H,3,5H2,(H,14,16). The lowest BCUT2D eigenvalue weighted by Crippen LogP contribution is -2.35. The van der Waals surface area contributed by atoms with Gasteiger partial charge in [0.25, 0.3) is 0 Å². The fraction of sp³-hybridized carbons (Fsp3) is 0.400. The maximum absolute atomic E-state index is 11.7. The number of carbonyl (C=O) groups is 1. The molecule has 2 heterocycles. The third kappa shape index (κ3) is 2.69. The summed E-state index contributed by atoms with van der Waals surface area (Å²) >= 11 is 5.63. The maximum atomic E-state index is 11.7. The lowest BCUT2D eigenvalue weighted by molar-refractivity contribution is -0.117. The third-order valence-electron chi connectivity index (χ3n) is 2.42. The second-order valence-electron chi connectivity index (χ2n) is 3.71. The summed E-state index contributed by atoms with van der Waals surface area (Å²) in [4.78, 5) is 15.6. The van der Waals surface area contributed by atoms with Crippen molar-refractivity contribution in [2.75, 3.05) is 11.9 Å². The molecule has 6 heteroatoms.